The van der Waals surface area contributed by atoms with E-state index in [1.54, 1.807) is 50.4 Å². The lowest BCUT2D eigenvalue weighted by molar-refractivity contribution is -0.140. The van der Waals surface area contributed by atoms with Crippen molar-refractivity contribution in [3.63, 3.8) is 0 Å². The van der Waals surface area contributed by atoms with E-state index < -0.39 is 28.5 Å². The molecule has 11 heteroatoms. The normalized spacial score (nSPS) is 12.0. The number of carbonyl (C=O) groups excluding carboxylic acids is 2. The highest BCUT2D eigenvalue weighted by Gasteiger charge is 2.34. The molecule has 0 radical (unpaired) electrons. The fourth-order valence-electron chi connectivity index (χ4n) is 4.30. The average molecular weight is 602 g/mol. The Morgan fingerprint density at radius 3 is 2.17 bits per heavy atom. The summed E-state index contributed by atoms with van der Waals surface area (Å²) in [5, 5.41) is 3.18. The minimum Gasteiger partial charge on any atom is -0.497 e. The molecule has 3 aromatic rings. The Kier molecular flexibility index (Phi) is 11.0. The number of sulfonamides is 1. The van der Waals surface area contributed by atoms with Crippen molar-refractivity contribution in [2.75, 3.05) is 25.1 Å². The third kappa shape index (κ3) is 8.14. The highest BCUT2D eigenvalue weighted by molar-refractivity contribution is 7.92. The zero-order valence-corrected chi connectivity index (χ0v) is 25.4. The van der Waals surface area contributed by atoms with Crippen LogP contribution in [-0.4, -0.2) is 58.0 Å². The summed E-state index contributed by atoms with van der Waals surface area (Å²) in [6.45, 7) is 4.97. The van der Waals surface area contributed by atoms with Crippen molar-refractivity contribution in [3.8, 4) is 11.5 Å². The molecule has 3 aromatic carbocycles. The quantitative estimate of drug-likeness (QED) is 0.299. The van der Waals surface area contributed by atoms with Gasteiger partial charge in [0.15, 0.2) is 0 Å². The van der Waals surface area contributed by atoms with Crippen LogP contribution in [0.2, 0.25) is 5.02 Å². The van der Waals surface area contributed by atoms with Crippen molar-refractivity contribution in [1.29, 1.82) is 0 Å². The third-order valence-corrected chi connectivity index (χ3v) is 8.35. The fraction of sp³-hybridized carbons (Fsp3) is 0.333. The summed E-state index contributed by atoms with van der Waals surface area (Å²) in [4.78, 5) is 28.7. The number of ether oxygens (including phenoxy) is 2. The lowest BCUT2D eigenvalue weighted by Crippen LogP contribution is -2.53. The summed E-state index contributed by atoms with van der Waals surface area (Å²) in [5.41, 5.74) is 0.934. The minimum atomic E-state index is -4.23. The van der Waals surface area contributed by atoms with Crippen molar-refractivity contribution in [1.82, 2.24) is 10.2 Å². The molecule has 9 nitrogen and oxygen atoms in total. The summed E-state index contributed by atoms with van der Waals surface area (Å²) in [6.07, 6.45) is 0.316. The Hall–Kier alpha value is -3.76. The maximum absolute atomic E-state index is 14.1. The molecule has 0 unspecified atom stereocenters. The van der Waals surface area contributed by atoms with E-state index in [2.05, 4.69) is 5.32 Å². The highest BCUT2D eigenvalue weighted by Crippen LogP contribution is 2.28. The lowest BCUT2D eigenvalue weighted by atomic mass is 10.1. The SMILES string of the molecule is CC[C@H](C(=O)NC(C)C)N(Cc1cccc(OC)c1)C(=O)CN(c1cccc(Cl)c1)S(=O)(=O)c1ccc(OC)cc1. The van der Waals surface area contributed by atoms with Gasteiger partial charge in [0.05, 0.1) is 24.8 Å². The molecular weight excluding hydrogens is 566 g/mol. The van der Waals surface area contributed by atoms with Gasteiger partial charge in [-0.05, 0) is 80.4 Å². The van der Waals surface area contributed by atoms with Gasteiger partial charge in [-0.3, -0.25) is 13.9 Å². The zero-order chi connectivity index (χ0) is 30.2. The van der Waals surface area contributed by atoms with Crippen LogP contribution in [0.3, 0.4) is 0 Å². The number of nitrogens with one attached hydrogen (secondary N) is 1. The van der Waals surface area contributed by atoms with Crippen molar-refractivity contribution in [2.45, 2.75) is 50.7 Å². The molecule has 2 amide bonds. The molecule has 0 saturated heterocycles. The van der Waals surface area contributed by atoms with Crippen LogP contribution >= 0.6 is 11.6 Å². The van der Waals surface area contributed by atoms with Crippen LogP contribution in [0.5, 0.6) is 11.5 Å². The first-order valence-corrected chi connectivity index (χ1v) is 15.0. The molecule has 3 rings (SSSR count). The van der Waals surface area contributed by atoms with Gasteiger partial charge in [0.25, 0.3) is 10.0 Å². The number of hydrogen-bond acceptors (Lipinski definition) is 6. The maximum atomic E-state index is 14.1. The van der Waals surface area contributed by atoms with E-state index in [9.17, 15) is 18.0 Å². The summed E-state index contributed by atoms with van der Waals surface area (Å²) in [5.74, 6) is 0.194. The van der Waals surface area contributed by atoms with Gasteiger partial charge in [-0.2, -0.15) is 0 Å². The molecule has 220 valence electrons. The molecule has 0 aliphatic rings. The number of anilines is 1. The van der Waals surface area contributed by atoms with Crippen LogP contribution < -0.4 is 19.1 Å². The second-order valence-corrected chi connectivity index (χ2v) is 11.9. The standard InChI is InChI=1S/C30H36ClN3O6S/c1-6-28(30(36)32-21(2)3)33(19-22-9-7-12-26(17-22)40-5)29(35)20-34(24-11-8-10-23(31)18-24)41(37,38)27-15-13-25(39-4)14-16-27/h7-18,21,28H,6,19-20H2,1-5H3,(H,32,36)/t28-/m1/s1. The molecule has 41 heavy (non-hydrogen) atoms. The van der Waals surface area contributed by atoms with Crippen LogP contribution in [0.25, 0.3) is 0 Å². The van der Waals surface area contributed by atoms with Gasteiger partial charge in [-0.25, -0.2) is 8.42 Å². The summed E-state index contributed by atoms with van der Waals surface area (Å²) < 4.78 is 39.4. The highest BCUT2D eigenvalue weighted by atomic mass is 35.5. The first kappa shape index (κ1) is 31.8. The van der Waals surface area contributed by atoms with Gasteiger partial charge in [0, 0.05) is 17.6 Å². The van der Waals surface area contributed by atoms with E-state index in [1.807, 2.05) is 19.9 Å². The smallest absolute Gasteiger partial charge is 0.264 e. The van der Waals surface area contributed by atoms with Gasteiger partial charge in [-0.15, -0.1) is 0 Å². The predicted molar refractivity (Wildman–Crippen MR) is 160 cm³/mol. The number of methoxy groups -OCH3 is 2. The molecule has 0 heterocycles. The van der Waals surface area contributed by atoms with E-state index in [1.165, 1.54) is 42.3 Å². The lowest BCUT2D eigenvalue weighted by Gasteiger charge is -2.33. The van der Waals surface area contributed by atoms with Crippen molar-refractivity contribution < 1.29 is 27.5 Å². The zero-order valence-electron chi connectivity index (χ0n) is 23.8. The van der Waals surface area contributed by atoms with Gasteiger partial charge < -0.3 is 19.7 Å². The Morgan fingerprint density at radius 1 is 0.927 bits per heavy atom. The van der Waals surface area contributed by atoms with Crippen LogP contribution in [-0.2, 0) is 26.2 Å². The van der Waals surface area contributed by atoms with Crippen LogP contribution in [0, 0.1) is 0 Å². The number of hydrogen-bond donors (Lipinski definition) is 1. The molecule has 1 N–H and O–H groups in total. The van der Waals surface area contributed by atoms with E-state index in [-0.39, 0.29) is 29.1 Å². The van der Waals surface area contributed by atoms with Crippen LogP contribution in [0.1, 0.15) is 32.8 Å². The molecule has 0 aromatic heterocycles. The average Bonchev–Trinajstić information content (AvgIpc) is 2.95. The molecule has 0 fully saturated rings. The number of halogens is 1. The summed E-state index contributed by atoms with van der Waals surface area (Å²) >= 11 is 6.22. The predicted octanol–water partition coefficient (Wildman–Crippen LogP) is 4.88. The largest absolute Gasteiger partial charge is 0.497 e. The minimum absolute atomic E-state index is 0.0324. The van der Waals surface area contributed by atoms with Crippen LogP contribution in [0.15, 0.2) is 77.7 Å². The van der Waals surface area contributed by atoms with E-state index >= 15 is 0 Å². The number of nitrogens with zero attached hydrogens (tertiary/aromatic N) is 2. The number of carbonyl (C=O) groups is 2. The second kappa shape index (κ2) is 14.2. The summed E-state index contributed by atoms with van der Waals surface area (Å²) in [6, 6.07) is 18.3. The van der Waals surface area contributed by atoms with E-state index in [4.69, 9.17) is 21.1 Å². The van der Waals surface area contributed by atoms with Crippen LogP contribution in [0.4, 0.5) is 5.69 Å². The van der Waals surface area contributed by atoms with E-state index in [0.717, 1.165) is 9.87 Å². The Morgan fingerprint density at radius 2 is 1.59 bits per heavy atom. The molecule has 1 atom stereocenters. The first-order chi connectivity index (χ1) is 19.5. The topological polar surface area (TPSA) is 105 Å². The molecule has 0 saturated carbocycles. The molecule has 0 bridgehead atoms. The Labute approximate surface area is 247 Å². The molecule has 0 spiro atoms. The Balaban J connectivity index is 2.07. The maximum Gasteiger partial charge on any atom is 0.264 e. The summed E-state index contributed by atoms with van der Waals surface area (Å²) in [7, 11) is -1.20. The van der Waals surface area contributed by atoms with Gasteiger partial charge in [-0.1, -0.05) is 36.7 Å². The van der Waals surface area contributed by atoms with Crippen molar-refractivity contribution >= 4 is 39.1 Å². The fourth-order valence-corrected chi connectivity index (χ4v) is 5.89. The second-order valence-electron chi connectivity index (χ2n) is 9.63. The number of amides is 2. The van der Waals surface area contributed by atoms with E-state index in [0.29, 0.717) is 22.9 Å². The number of benzene rings is 3. The first-order valence-electron chi connectivity index (χ1n) is 13.1. The van der Waals surface area contributed by atoms with Gasteiger partial charge >= 0.3 is 0 Å². The molecular formula is C30H36ClN3O6S. The Bertz CT molecular complexity index is 1450. The van der Waals surface area contributed by atoms with Crippen molar-refractivity contribution in [2.24, 2.45) is 0 Å². The monoisotopic (exact) mass is 601 g/mol. The van der Waals surface area contributed by atoms with Crippen molar-refractivity contribution in [3.05, 3.63) is 83.4 Å². The third-order valence-electron chi connectivity index (χ3n) is 6.33. The van der Waals surface area contributed by atoms with Gasteiger partial charge in [0.2, 0.25) is 11.8 Å². The number of rotatable bonds is 13. The molecule has 0 aliphatic heterocycles. The molecule has 0 aliphatic carbocycles. The van der Waals surface area contributed by atoms with Gasteiger partial charge in [0.1, 0.15) is 24.1 Å².